The van der Waals surface area contributed by atoms with Gasteiger partial charge in [0, 0.05) is 11.6 Å². The molecule has 4 rings (SSSR count). The average Bonchev–Trinajstić information content (AvgIpc) is 3.48. The Morgan fingerprint density at radius 3 is 2.24 bits per heavy atom. The zero-order valence-electron chi connectivity index (χ0n) is 17.9. The maximum Gasteiger partial charge on any atom is 0.315 e. The molecule has 172 valence electrons. The number of carbonyl (C=O) groups excluding carboxylic acids is 2. The number of halogens is 2. The number of urea groups is 1. The van der Waals surface area contributed by atoms with Crippen molar-refractivity contribution in [2.75, 3.05) is 5.32 Å². The minimum absolute atomic E-state index is 0.159. The molecule has 1 aliphatic carbocycles. The SMILES string of the molecule is CC(C)(NC(=O)NC1CC1)C(=O)Nc1nc(-c2ccc(F)cc2)c(Oc2ccc(F)cc2)s1. The smallest absolute Gasteiger partial charge is 0.315 e. The molecule has 3 N–H and O–H groups in total. The number of anilines is 1. The second-order valence-corrected chi connectivity index (χ2v) is 9.13. The molecule has 0 saturated heterocycles. The van der Waals surface area contributed by atoms with Crippen LogP contribution in [0.5, 0.6) is 10.8 Å². The second kappa shape index (κ2) is 9.14. The van der Waals surface area contributed by atoms with Crippen LogP contribution in [0.2, 0.25) is 0 Å². The Hall–Kier alpha value is -3.53. The molecule has 3 aromatic rings. The van der Waals surface area contributed by atoms with E-state index in [9.17, 15) is 18.4 Å². The van der Waals surface area contributed by atoms with Gasteiger partial charge in [0.05, 0.1) is 0 Å². The number of thiazole rings is 1. The largest absolute Gasteiger partial charge is 0.444 e. The number of carbonyl (C=O) groups is 2. The molecule has 33 heavy (non-hydrogen) atoms. The summed E-state index contributed by atoms with van der Waals surface area (Å²) in [6, 6.07) is 10.9. The van der Waals surface area contributed by atoms with E-state index in [1.807, 2.05) is 0 Å². The van der Waals surface area contributed by atoms with Crippen LogP contribution in [0.3, 0.4) is 0 Å². The third-order valence-corrected chi connectivity index (χ3v) is 5.71. The highest BCUT2D eigenvalue weighted by atomic mass is 32.1. The van der Waals surface area contributed by atoms with Crippen molar-refractivity contribution in [1.82, 2.24) is 15.6 Å². The number of nitrogens with zero attached hydrogens (tertiary/aromatic N) is 1. The second-order valence-electron chi connectivity index (χ2n) is 8.17. The third kappa shape index (κ3) is 5.83. The molecular formula is C23H22F2N4O3S. The molecule has 1 saturated carbocycles. The van der Waals surface area contributed by atoms with Crippen molar-refractivity contribution in [1.29, 1.82) is 0 Å². The van der Waals surface area contributed by atoms with Crippen molar-refractivity contribution in [3.05, 3.63) is 60.2 Å². The standard InChI is InChI=1S/C23H22F2N4O3S/c1-23(2,29-21(31)26-16-9-10-16)20(30)28-22-27-18(13-3-5-14(24)6-4-13)19(33-22)32-17-11-7-15(25)8-12-17/h3-8,11-12,16H,9-10H2,1-2H3,(H2,26,29,31)(H,27,28,30). The first-order valence-electron chi connectivity index (χ1n) is 10.3. The van der Waals surface area contributed by atoms with Gasteiger partial charge in [0.25, 0.3) is 5.91 Å². The van der Waals surface area contributed by atoms with Gasteiger partial charge in [-0.3, -0.25) is 10.1 Å². The first kappa shape index (κ1) is 22.7. The number of ether oxygens (including phenoxy) is 1. The minimum Gasteiger partial charge on any atom is -0.444 e. The van der Waals surface area contributed by atoms with Gasteiger partial charge < -0.3 is 15.4 Å². The van der Waals surface area contributed by atoms with Gasteiger partial charge in [-0.15, -0.1) is 0 Å². The van der Waals surface area contributed by atoms with Gasteiger partial charge in [0.1, 0.15) is 28.6 Å². The lowest BCUT2D eigenvalue weighted by Gasteiger charge is -2.24. The molecule has 0 radical (unpaired) electrons. The molecule has 1 heterocycles. The Labute approximate surface area is 193 Å². The molecule has 0 bridgehead atoms. The van der Waals surface area contributed by atoms with Crippen molar-refractivity contribution in [3.8, 4) is 22.1 Å². The third-order valence-electron chi connectivity index (χ3n) is 4.86. The van der Waals surface area contributed by atoms with Crippen LogP contribution in [-0.4, -0.2) is 28.5 Å². The van der Waals surface area contributed by atoms with Crippen LogP contribution in [-0.2, 0) is 4.79 Å². The summed E-state index contributed by atoms with van der Waals surface area (Å²) in [4.78, 5) is 29.4. The van der Waals surface area contributed by atoms with Crippen LogP contribution in [0.25, 0.3) is 11.3 Å². The van der Waals surface area contributed by atoms with Crippen molar-refractivity contribution in [3.63, 3.8) is 0 Å². The van der Waals surface area contributed by atoms with Crippen LogP contribution in [0.15, 0.2) is 48.5 Å². The van der Waals surface area contributed by atoms with Gasteiger partial charge in [-0.05, 0) is 75.2 Å². The number of hydrogen-bond acceptors (Lipinski definition) is 5. The van der Waals surface area contributed by atoms with Gasteiger partial charge in [0.15, 0.2) is 5.13 Å². The van der Waals surface area contributed by atoms with Crippen LogP contribution >= 0.6 is 11.3 Å². The van der Waals surface area contributed by atoms with Gasteiger partial charge in [-0.25, -0.2) is 18.6 Å². The number of hydrogen-bond donors (Lipinski definition) is 3. The van der Waals surface area contributed by atoms with E-state index in [4.69, 9.17) is 4.74 Å². The zero-order valence-corrected chi connectivity index (χ0v) is 18.8. The number of rotatable bonds is 7. The van der Waals surface area contributed by atoms with Gasteiger partial charge in [-0.1, -0.05) is 11.3 Å². The van der Waals surface area contributed by atoms with Crippen molar-refractivity contribution < 1.29 is 23.1 Å². The molecule has 0 aliphatic heterocycles. The van der Waals surface area contributed by atoms with E-state index in [0.29, 0.717) is 22.1 Å². The molecule has 1 fully saturated rings. The summed E-state index contributed by atoms with van der Waals surface area (Å²) in [7, 11) is 0. The lowest BCUT2D eigenvalue weighted by Crippen LogP contribution is -2.55. The number of amides is 3. The van der Waals surface area contributed by atoms with Crippen LogP contribution in [0.4, 0.5) is 18.7 Å². The Morgan fingerprint density at radius 1 is 1.03 bits per heavy atom. The highest BCUT2D eigenvalue weighted by Gasteiger charge is 2.32. The summed E-state index contributed by atoms with van der Waals surface area (Å²) in [5.41, 5.74) is -0.248. The fourth-order valence-electron chi connectivity index (χ4n) is 2.87. The average molecular weight is 473 g/mol. The Bertz CT molecular complexity index is 1160. The lowest BCUT2D eigenvalue weighted by atomic mass is 10.1. The maximum atomic E-state index is 13.4. The Morgan fingerprint density at radius 2 is 1.64 bits per heavy atom. The summed E-state index contributed by atoms with van der Waals surface area (Å²) in [6.45, 7) is 3.17. The first-order chi connectivity index (χ1) is 15.7. The molecule has 0 spiro atoms. The molecular weight excluding hydrogens is 450 g/mol. The van der Waals surface area contributed by atoms with E-state index in [0.717, 1.165) is 24.2 Å². The van der Waals surface area contributed by atoms with Crippen molar-refractivity contribution >= 4 is 28.4 Å². The van der Waals surface area contributed by atoms with E-state index in [1.54, 1.807) is 26.0 Å². The molecule has 2 aromatic carbocycles. The monoisotopic (exact) mass is 472 g/mol. The van der Waals surface area contributed by atoms with Crippen molar-refractivity contribution in [2.45, 2.75) is 38.3 Å². The molecule has 0 unspecified atom stereocenters. The first-order valence-corrected chi connectivity index (χ1v) is 11.1. The summed E-state index contributed by atoms with van der Waals surface area (Å²) in [5, 5.41) is 8.71. The molecule has 1 aliphatic rings. The van der Waals surface area contributed by atoms with Crippen LogP contribution < -0.4 is 20.7 Å². The number of aromatic nitrogens is 1. The van der Waals surface area contributed by atoms with Crippen molar-refractivity contribution in [2.24, 2.45) is 0 Å². The predicted molar refractivity (Wildman–Crippen MR) is 121 cm³/mol. The summed E-state index contributed by atoms with van der Waals surface area (Å²) < 4.78 is 32.5. The zero-order chi connectivity index (χ0) is 23.6. The highest BCUT2D eigenvalue weighted by Crippen LogP contribution is 2.40. The molecule has 7 nitrogen and oxygen atoms in total. The number of nitrogens with one attached hydrogen (secondary N) is 3. The van der Waals surface area contributed by atoms with E-state index in [2.05, 4.69) is 20.9 Å². The fourth-order valence-corrected chi connectivity index (χ4v) is 3.73. The van der Waals surface area contributed by atoms with E-state index in [-0.39, 0.29) is 11.2 Å². The van der Waals surface area contributed by atoms with E-state index in [1.165, 1.54) is 36.4 Å². The quantitative estimate of drug-likeness (QED) is 0.448. The minimum atomic E-state index is -1.21. The van der Waals surface area contributed by atoms with E-state index < -0.39 is 29.1 Å². The Kier molecular flexibility index (Phi) is 6.28. The highest BCUT2D eigenvalue weighted by molar-refractivity contribution is 7.18. The maximum absolute atomic E-state index is 13.4. The van der Waals surface area contributed by atoms with Gasteiger partial charge in [0.2, 0.25) is 5.06 Å². The van der Waals surface area contributed by atoms with Crippen LogP contribution in [0.1, 0.15) is 26.7 Å². The summed E-state index contributed by atoms with van der Waals surface area (Å²) in [6.07, 6.45) is 1.87. The lowest BCUT2D eigenvalue weighted by molar-refractivity contribution is -0.120. The Balaban J connectivity index is 1.55. The fraction of sp³-hybridized carbons (Fsp3) is 0.261. The van der Waals surface area contributed by atoms with Gasteiger partial charge >= 0.3 is 6.03 Å². The van der Waals surface area contributed by atoms with Gasteiger partial charge in [-0.2, -0.15) is 0 Å². The normalized spacial score (nSPS) is 13.3. The summed E-state index contributed by atoms with van der Waals surface area (Å²) >= 11 is 1.06. The molecule has 0 atom stereocenters. The van der Waals surface area contributed by atoms with E-state index >= 15 is 0 Å². The predicted octanol–water partition coefficient (Wildman–Crippen LogP) is 5.06. The summed E-state index contributed by atoms with van der Waals surface area (Å²) in [5.74, 6) is -0.902. The molecule has 3 amide bonds. The van der Waals surface area contributed by atoms with Crippen LogP contribution in [0, 0.1) is 11.6 Å². The molecule has 1 aromatic heterocycles. The molecule has 10 heteroatoms. The topological polar surface area (TPSA) is 92.4 Å². The number of benzene rings is 2.